The van der Waals surface area contributed by atoms with Crippen molar-refractivity contribution in [3.63, 3.8) is 0 Å². The zero-order valence-corrected chi connectivity index (χ0v) is 10.7. The molecule has 0 N–H and O–H groups in total. The summed E-state index contributed by atoms with van der Waals surface area (Å²) in [5.74, 6) is -0.474. The number of ether oxygens (including phenoxy) is 1. The molecule has 88 valence electrons. The first kappa shape index (κ1) is 14.3. The van der Waals surface area contributed by atoms with Crippen molar-refractivity contribution in [1.29, 1.82) is 0 Å². The van der Waals surface area contributed by atoms with E-state index in [4.69, 9.17) is 13.6 Å². The fourth-order valence-electron chi connectivity index (χ4n) is 1.00. The first-order valence-electron chi connectivity index (χ1n) is 5.06. The number of carbonyl (C=O) groups is 1. The molecule has 1 atom stereocenters. The van der Waals surface area contributed by atoms with Crippen LogP contribution >= 0.6 is 0 Å². The summed E-state index contributed by atoms with van der Waals surface area (Å²) in [6, 6.07) is 0.908. The van der Waals surface area contributed by atoms with Crippen molar-refractivity contribution in [3.05, 3.63) is 12.7 Å². The second kappa shape index (κ2) is 7.61. The number of hydrogen-bond acceptors (Lipinski definition) is 4. The van der Waals surface area contributed by atoms with Gasteiger partial charge in [0, 0.05) is 13.2 Å². The normalized spacial score (nSPS) is 14.3. The highest BCUT2D eigenvalue weighted by atomic mass is 28.4. The lowest BCUT2D eigenvalue weighted by Crippen LogP contribution is -2.38. The quantitative estimate of drug-likeness (QED) is 0.278. The van der Waals surface area contributed by atoms with Crippen LogP contribution in [0.15, 0.2) is 12.7 Å². The highest BCUT2D eigenvalue weighted by molar-refractivity contribution is 6.65. The third kappa shape index (κ3) is 6.43. The van der Waals surface area contributed by atoms with Gasteiger partial charge in [-0.15, -0.1) is 0 Å². The molecular weight excluding hydrogens is 212 g/mol. The van der Waals surface area contributed by atoms with Crippen LogP contribution < -0.4 is 0 Å². The van der Waals surface area contributed by atoms with Gasteiger partial charge >= 0.3 is 14.5 Å². The van der Waals surface area contributed by atoms with Crippen molar-refractivity contribution >= 4 is 14.5 Å². The van der Waals surface area contributed by atoms with E-state index in [-0.39, 0.29) is 6.79 Å². The van der Waals surface area contributed by atoms with Crippen molar-refractivity contribution in [3.8, 4) is 0 Å². The minimum atomic E-state index is -2.14. The van der Waals surface area contributed by atoms with Crippen molar-refractivity contribution < 1.29 is 18.4 Å². The minimum absolute atomic E-state index is 0.0505. The topological polar surface area (TPSA) is 44.8 Å². The van der Waals surface area contributed by atoms with Gasteiger partial charge in [-0.1, -0.05) is 26.3 Å². The van der Waals surface area contributed by atoms with E-state index in [1.165, 1.54) is 0 Å². The van der Waals surface area contributed by atoms with Crippen molar-refractivity contribution in [1.82, 2.24) is 0 Å². The molecule has 0 bridgehead atoms. The first-order chi connectivity index (χ1) is 7.08. The molecule has 0 aliphatic rings. The molecule has 0 heterocycles. The van der Waals surface area contributed by atoms with E-state index in [0.717, 1.165) is 25.0 Å². The molecule has 0 spiro atoms. The van der Waals surface area contributed by atoms with Crippen LogP contribution in [0.3, 0.4) is 0 Å². The summed E-state index contributed by atoms with van der Waals surface area (Å²) < 4.78 is 15.6. The van der Waals surface area contributed by atoms with Gasteiger partial charge in [0.1, 0.15) is 0 Å². The number of carbonyl (C=O) groups excluding carboxylic acids is 1. The van der Waals surface area contributed by atoms with Gasteiger partial charge < -0.3 is 13.6 Å². The zero-order chi connectivity index (χ0) is 11.7. The Morgan fingerprint density at radius 3 is 2.67 bits per heavy atom. The molecule has 5 heteroatoms. The highest BCUT2D eigenvalue weighted by Gasteiger charge is 2.29. The van der Waals surface area contributed by atoms with Crippen LogP contribution in [-0.4, -0.2) is 28.4 Å². The molecule has 0 saturated carbocycles. The molecule has 0 saturated heterocycles. The zero-order valence-electron chi connectivity index (χ0n) is 9.75. The SMILES string of the molecule is C=CC(=O)OCO[Si](C)(CCCC)OC. The Morgan fingerprint density at radius 1 is 1.53 bits per heavy atom. The lowest BCUT2D eigenvalue weighted by atomic mass is 10.4. The maximum Gasteiger partial charge on any atom is 0.337 e. The van der Waals surface area contributed by atoms with Crippen molar-refractivity contribution in [2.45, 2.75) is 32.4 Å². The molecule has 4 nitrogen and oxygen atoms in total. The lowest BCUT2D eigenvalue weighted by molar-refractivity contribution is -0.145. The van der Waals surface area contributed by atoms with Gasteiger partial charge in [-0.05, 0) is 12.6 Å². The van der Waals surface area contributed by atoms with Crippen molar-refractivity contribution in [2.24, 2.45) is 0 Å². The molecule has 1 unspecified atom stereocenters. The molecule has 0 aromatic rings. The molecule has 0 aromatic carbocycles. The predicted molar refractivity (Wildman–Crippen MR) is 60.6 cm³/mol. The van der Waals surface area contributed by atoms with E-state index in [2.05, 4.69) is 13.5 Å². The van der Waals surface area contributed by atoms with Crippen LogP contribution in [0, 0.1) is 0 Å². The van der Waals surface area contributed by atoms with E-state index in [9.17, 15) is 4.79 Å². The van der Waals surface area contributed by atoms with Crippen LogP contribution in [0.1, 0.15) is 19.8 Å². The van der Waals surface area contributed by atoms with Gasteiger partial charge in [-0.3, -0.25) is 0 Å². The molecule has 0 aromatic heterocycles. The van der Waals surface area contributed by atoms with E-state index < -0.39 is 14.5 Å². The second-order valence-electron chi connectivity index (χ2n) is 3.37. The van der Waals surface area contributed by atoms with Crippen LogP contribution in [0.5, 0.6) is 0 Å². The summed E-state index contributed by atoms with van der Waals surface area (Å²) in [5, 5.41) is 0. The Morgan fingerprint density at radius 2 is 2.20 bits per heavy atom. The first-order valence-corrected chi connectivity index (χ1v) is 7.58. The highest BCUT2D eigenvalue weighted by Crippen LogP contribution is 2.15. The fraction of sp³-hybridized carbons (Fsp3) is 0.700. The summed E-state index contributed by atoms with van der Waals surface area (Å²) in [5.41, 5.74) is 0. The third-order valence-corrected chi connectivity index (χ3v) is 5.00. The van der Waals surface area contributed by atoms with E-state index in [0.29, 0.717) is 0 Å². The Bertz CT molecular complexity index is 208. The van der Waals surface area contributed by atoms with E-state index in [1.54, 1.807) is 7.11 Å². The molecule has 0 amide bonds. The van der Waals surface area contributed by atoms with Crippen LogP contribution in [-0.2, 0) is 18.4 Å². The molecule has 15 heavy (non-hydrogen) atoms. The number of rotatable bonds is 8. The average molecular weight is 232 g/mol. The van der Waals surface area contributed by atoms with Crippen LogP contribution in [0.2, 0.25) is 12.6 Å². The summed E-state index contributed by atoms with van der Waals surface area (Å²) in [7, 11) is -0.499. The number of unbranched alkanes of at least 4 members (excludes halogenated alkanes) is 1. The summed E-state index contributed by atoms with van der Waals surface area (Å²) in [6.07, 6.45) is 3.27. The van der Waals surface area contributed by atoms with Gasteiger partial charge in [0.05, 0.1) is 0 Å². The van der Waals surface area contributed by atoms with Gasteiger partial charge in [-0.2, -0.15) is 0 Å². The summed E-state index contributed by atoms with van der Waals surface area (Å²) >= 11 is 0. The molecular formula is C10H20O4Si. The van der Waals surface area contributed by atoms with E-state index >= 15 is 0 Å². The Kier molecular flexibility index (Phi) is 7.28. The second-order valence-corrected chi connectivity index (χ2v) is 6.84. The smallest absolute Gasteiger partial charge is 0.337 e. The van der Waals surface area contributed by atoms with Gasteiger partial charge in [0.2, 0.25) is 0 Å². The Labute approximate surface area is 92.5 Å². The van der Waals surface area contributed by atoms with E-state index in [1.807, 2.05) is 6.55 Å². The minimum Gasteiger partial charge on any atom is -0.436 e. The van der Waals surface area contributed by atoms with Gasteiger partial charge in [0.25, 0.3) is 0 Å². The monoisotopic (exact) mass is 232 g/mol. The third-order valence-electron chi connectivity index (χ3n) is 2.15. The Balaban J connectivity index is 3.86. The fourth-order valence-corrected chi connectivity index (χ4v) is 2.77. The standard InChI is InChI=1S/C10H20O4Si/c1-5-7-8-15(4,12-3)14-9-13-10(11)6-2/h6H,2,5,7-9H2,1,3-4H3. The summed E-state index contributed by atoms with van der Waals surface area (Å²) in [4.78, 5) is 10.8. The van der Waals surface area contributed by atoms with Gasteiger partial charge in [0.15, 0.2) is 6.79 Å². The van der Waals surface area contributed by atoms with Gasteiger partial charge in [-0.25, -0.2) is 4.79 Å². The molecule has 0 aliphatic carbocycles. The van der Waals surface area contributed by atoms with Crippen LogP contribution in [0.25, 0.3) is 0 Å². The number of hydrogen-bond donors (Lipinski definition) is 0. The maximum atomic E-state index is 10.8. The molecule has 0 aliphatic heterocycles. The predicted octanol–water partition coefficient (Wildman–Crippen LogP) is 2.21. The molecule has 0 radical (unpaired) electrons. The summed E-state index contributed by atoms with van der Waals surface area (Å²) in [6.45, 7) is 7.32. The Hall–Kier alpha value is -0.653. The largest absolute Gasteiger partial charge is 0.436 e. The molecule has 0 fully saturated rings. The number of esters is 1. The maximum absolute atomic E-state index is 10.8. The van der Waals surface area contributed by atoms with Crippen LogP contribution in [0.4, 0.5) is 0 Å². The van der Waals surface area contributed by atoms with Crippen molar-refractivity contribution in [2.75, 3.05) is 13.9 Å². The lowest BCUT2D eigenvalue weighted by Gasteiger charge is -2.24. The molecule has 0 rings (SSSR count). The average Bonchev–Trinajstić information content (AvgIpc) is 2.26.